The Morgan fingerprint density at radius 1 is 1.67 bits per heavy atom. The fraction of sp³-hybridized carbons (Fsp3) is 0.571. The van der Waals surface area contributed by atoms with Gasteiger partial charge in [-0.2, -0.15) is 12.6 Å². The van der Waals surface area contributed by atoms with E-state index in [2.05, 4.69) is 31.5 Å². The minimum atomic E-state index is 0.577. The molecule has 0 heterocycles. The van der Waals surface area contributed by atoms with Gasteiger partial charge in [0, 0.05) is 6.21 Å². The summed E-state index contributed by atoms with van der Waals surface area (Å²) < 4.78 is 0. The standard InChI is InChI=1S/C7H13NS/c1-3-7(2)4-5-8-6-9/h4-5,9H,3,6H2,1-2H3/b7-4+,8-5-. The van der Waals surface area contributed by atoms with Crippen molar-refractivity contribution in [2.24, 2.45) is 4.99 Å². The summed E-state index contributed by atoms with van der Waals surface area (Å²) in [5.74, 6) is 0.577. The van der Waals surface area contributed by atoms with Crippen molar-refractivity contribution in [2.45, 2.75) is 20.3 Å². The van der Waals surface area contributed by atoms with E-state index >= 15 is 0 Å². The molecule has 0 bridgehead atoms. The van der Waals surface area contributed by atoms with Crippen LogP contribution in [0.5, 0.6) is 0 Å². The fourth-order valence-corrected chi connectivity index (χ4v) is 0.439. The normalized spacial score (nSPS) is 13.0. The Bertz CT molecular complexity index is 116. The van der Waals surface area contributed by atoms with Crippen LogP contribution in [0, 0.1) is 0 Å². The van der Waals surface area contributed by atoms with Gasteiger partial charge in [0.15, 0.2) is 0 Å². The molecule has 0 spiro atoms. The third-order valence-corrected chi connectivity index (χ3v) is 1.27. The molecule has 0 saturated heterocycles. The third kappa shape index (κ3) is 5.63. The Hall–Kier alpha value is -0.240. The van der Waals surface area contributed by atoms with Crippen molar-refractivity contribution in [1.29, 1.82) is 0 Å². The van der Waals surface area contributed by atoms with E-state index in [4.69, 9.17) is 0 Å². The second-order valence-corrected chi connectivity index (χ2v) is 2.12. The smallest absolute Gasteiger partial charge is 0.0814 e. The zero-order valence-electron chi connectivity index (χ0n) is 5.96. The molecule has 0 aromatic rings. The molecule has 0 aliphatic carbocycles. The lowest BCUT2D eigenvalue weighted by Gasteiger charge is -1.87. The highest BCUT2D eigenvalue weighted by Crippen LogP contribution is 1.94. The van der Waals surface area contributed by atoms with Crippen LogP contribution in [0.2, 0.25) is 0 Å². The largest absolute Gasteiger partial charge is 0.283 e. The Morgan fingerprint density at radius 2 is 2.33 bits per heavy atom. The molecule has 52 valence electrons. The van der Waals surface area contributed by atoms with Gasteiger partial charge in [-0.25, -0.2) is 0 Å². The van der Waals surface area contributed by atoms with Gasteiger partial charge >= 0.3 is 0 Å². The van der Waals surface area contributed by atoms with Gasteiger partial charge in [0.25, 0.3) is 0 Å². The summed E-state index contributed by atoms with van der Waals surface area (Å²) in [6.45, 7) is 4.21. The highest BCUT2D eigenvalue weighted by Gasteiger charge is 1.77. The van der Waals surface area contributed by atoms with Gasteiger partial charge in [-0.15, -0.1) is 0 Å². The zero-order chi connectivity index (χ0) is 7.11. The van der Waals surface area contributed by atoms with Crippen molar-refractivity contribution >= 4 is 18.8 Å². The molecule has 1 nitrogen and oxygen atoms in total. The maximum absolute atomic E-state index is 3.93. The topological polar surface area (TPSA) is 12.4 Å². The highest BCUT2D eigenvalue weighted by atomic mass is 32.1. The van der Waals surface area contributed by atoms with Gasteiger partial charge in [-0.3, -0.25) is 4.99 Å². The molecule has 0 aromatic carbocycles. The predicted molar refractivity (Wildman–Crippen MR) is 46.4 cm³/mol. The van der Waals surface area contributed by atoms with E-state index in [1.807, 2.05) is 6.08 Å². The van der Waals surface area contributed by atoms with E-state index < -0.39 is 0 Å². The van der Waals surface area contributed by atoms with Gasteiger partial charge in [0.05, 0.1) is 5.88 Å². The first-order valence-electron chi connectivity index (χ1n) is 3.07. The van der Waals surface area contributed by atoms with Gasteiger partial charge in [-0.1, -0.05) is 12.5 Å². The fourth-order valence-electron chi connectivity index (χ4n) is 0.345. The van der Waals surface area contributed by atoms with E-state index in [0.29, 0.717) is 5.88 Å². The monoisotopic (exact) mass is 143 g/mol. The van der Waals surface area contributed by atoms with Gasteiger partial charge in [0.2, 0.25) is 0 Å². The first kappa shape index (κ1) is 8.76. The second kappa shape index (κ2) is 5.89. The summed E-state index contributed by atoms with van der Waals surface area (Å²) in [6, 6.07) is 0. The van der Waals surface area contributed by atoms with Gasteiger partial charge < -0.3 is 0 Å². The van der Waals surface area contributed by atoms with Crippen LogP contribution in [-0.2, 0) is 0 Å². The number of rotatable bonds is 3. The van der Waals surface area contributed by atoms with Crippen molar-refractivity contribution in [2.75, 3.05) is 5.88 Å². The first-order chi connectivity index (χ1) is 4.31. The van der Waals surface area contributed by atoms with Crippen LogP contribution in [0.1, 0.15) is 20.3 Å². The second-order valence-electron chi connectivity index (χ2n) is 1.84. The maximum Gasteiger partial charge on any atom is 0.0814 e. The number of aliphatic imine (C=N–C) groups is 1. The van der Waals surface area contributed by atoms with Crippen molar-refractivity contribution < 1.29 is 0 Å². The Balaban J connectivity index is 3.55. The van der Waals surface area contributed by atoms with Crippen LogP contribution >= 0.6 is 12.6 Å². The van der Waals surface area contributed by atoms with Crippen LogP contribution in [0.15, 0.2) is 16.6 Å². The quantitative estimate of drug-likeness (QED) is 0.460. The summed E-state index contributed by atoms with van der Waals surface area (Å²) in [5.41, 5.74) is 1.35. The summed E-state index contributed by atoms with van der Waals surface area (Å²) in [6.07, 6.45) is 4.90. The molecule has 0 aliphatic rings. The number of nitrogens with zero attached hydrogens (tertiary/aromatic N) is 1. The SMILES string of the molecule is CC/C(C)=C/C=N\CS. The van der Waals surface area contributed by atoms with E-state index in [9.17, 15) is 0 Å². The van der Waals surface area contributed by atoms with Crippen LogP contribution in [-0.4, -0.2) is 12.1 Å². The predicted octanol–water partition coefficient (Wildman–Crippen LogP) is 2.30. The maximum atomic E-state index is 3.93. The minimum absolute atomic E-state index is 0.577. The van der Waals surface area contributed by atoms with Crippen LogP contribution in [0.25, 0.3) is 0 Å². The first-order valence-corrected chi connectivity index (χ1v) is 3.71. The summed E-state index contributed by atoms with van der Waals surface area (Å²) in [7, 11) is 0. The molecular weight excluding hydrogens is 130 g/mol. The molecule has 2 heteroatoms. The Kier molecular flexibility index (Phi) is 5.73. The Morgan fingerprint density at radius 3 is 2.78 bits per heavy atom. The number of hydrogen-bond acceptors (Lipinski definition) is 2. The van der Waals surface area contributed by atoms with E-state index in [1.165, 1.54) is 5.57 Å². The molecule has 0 radical (unpaired) electrons. The summed E-state index contributed by atoms with van der Waals surface area (Å²) >= 11 is 3.93. The van der Waals surface area contributed by atoms with Crippen molar-refractivity contribution in [1.82, 2.24) is 0 Å². The van der Waals surface area contributed by atoms with Crippen molar-refractivity contribution in [3.8, 4) is 0 Å². The average Bonchev–Trinajstić information content (AvgIpc) is 1.89. The van der Waals surface area contributed by atoms with Gasteiger partial charge in [-0.05, 0) is 19.4 Å². The molecular formula is C7H13NS. The minimum Gasteiger partial charge on any atom is -0.283 e. The molecule has 0 saturated carbocycles. The molecule has 0 N–H and O–H groups in total. The molecule has 0 unspecified atom stereocenters. The third-order valence-electron chi connectivity index (χ3n) is 1.10. The van der Waals surface area contributed by atoms with Gasteiger partial charge in [0.1, 0.15) is 0 Å². The number of thiol groups is 1. The molecule has 0 rings (SSSR count). The summed E-state index contributed by atoms with van der Waals surface area (Å²) in [5, 5.41) is 0. The number of allylic oxidation sites excluding steroid dienone is 2. The molecule has 9 heavy (non-hydrogen) atoms. The van der Waals surface area contributed by atoms with Crippen LogP contribution in [0.4, 0.5) is 0 Å². The van der Waals surface area contributed by atoms with Crippen molar-refractivity contribution in [3.63, 3.8) is 0 Å². The molecule has 0 amide bonds. The lowest BCUT2D eigenvalue weighted by molar-refractivity contribution is 1.10. The Labute approximate surface area is 62.3 Å². The lowest BCUT2D eigenvalue weighted by atomic mass is 10.2. The average molecular weight is 143 g/mol. The highest BCUT2D eigenvalue weighted by molar-refractivity contribution is 7.80. The van der Waals surface area contributed by atoms with E-state index in [-0.39, 0.29) is 0 Å². The van der Waals surface area contributed by atoms with E-state index in [0.717, 1.165) is 6.42 Å². The zero-order valence-corrected chi connectivity index (χ0v) is 6.86. The van der Waals surface area contributed by atoms with Crippen LogP contribution < -0.4 is 0 Å². The number of hydrogen-bond donors (Lipinski definition) is 1. The van der Waals surface area contributed by atoms with Crippen LogP contribution in [0.3, 0.4) is 0 Å². The molecule has 0 fully saturated rings. The molecule has 0 atom stereocenters. The lowest BCUT2D eigenvalue weighted by Crippen LogP contribution is -1.73. The molecule has 0 aliphatic heterocycles. The van der Waals surface area contributed by atoms with E-state index in [1.54, 1.807) is 6.21 Å². The van der Waals surface area contributed by atoms with Crippen molar-refractivity contribution in [3.05, 3.63) is 11.6 Å². The molecule has 0 aromatic heterocycles. The summed E-state index contributed by atoms with van der Waals surface area (Å²) in [4.78, 5) is 3.92.